The van der Waals surface area contributed by atoms with E-state index in [1.54, 1.807) is 0 Å². The number of carbonyl (C=O) groups excluding carboxylic acids is 2. The zero-order valence-corrected chi connectivity index (χ0v) is 19.2. The summed E-state index contributed by atoms with van der Waals surface area (Å²) in [6, 6.07) is 12.0. The molecule has 5 nitrogen and oxygen atoms in total. The van der Waals surface area contributed by atoms with Gasteiger partial charge in [0.15, 0.2) is 0 Å². The first-order valence-corrected chi connectivity index (χ1v) is 11.2. The molecule has 2 aromatic rings. The van der Waals surface area contributed by atoms with Crippen molar-refractivity contribution in [2.75, 3.05) is 19.7 Å². The minimum Gasteiger partial charge on any atom is -0.493 e. The molecule has 0 aromatic heterocycles. The Labute approximate surface area is 185 Å². The average Bonchev–Trinajstić information content (AvgIpc) is 2.75. The number of nitrogens with zero attached hydrogens (tertiary/aromatic N) is 1. The highest BCUT2D eigenvalue weighted by Gasteiger charge is 2.24. The van der Waals surface area contributed by atoms with Gasteiger partial charge in [-0.25, -0.2) is 0 Å². The Balaban J connectivity index is 1.38. The monoisotopic (exact) mass is 422 g/mol. The van der Waals surface area contributed by atoms with E-state index in [-0.39, 0.29) is 17.9 Å². The van der Waals surface area contributed by atoms with Crippen LogP contribution in [-0.4, -0.2) is 42.5 Å². The number of para-hydroxylation sites is 1. The Morgan fingerprint density at radius 3 is 2.29 bits per heavy atom. The summed E-state index contributed by atoms with van der Waals surface area (Å²) >= 11 is 0. The Hall–Kier alpha value is -2.82. The lowest BCUT2D eigenvalue weighted by Crippen LogP contribution is -2.46. The fourth-order valence-corrected chi connectivity index (χ4v) is 4.01. The molecule has 31 heavy (non-hydrogen) atoms. The molecule has 0 unspecified atom stereocenters. The normalized spacial score (nSPS) is 14.4. The van der Waals surface area contributed by atoms with Crippen molar-refractivity contribution in [1.29, 1.82) is 0 Å². The molecule has 166 valence electrons. The van der Waals surface area contributed by atoms with Crippen molar-refractivity contribution in [2.45, 2.75) is 59.4 Å². The van der Waals surface area contributed by atoms with Crippen molar-refractivity contribution in [3.63, 3.8) is 0 Å². The highest BCUT2D eigenvalue weighted by atomic mass is 16.5. The summed E-state index contributed by atoms with van der Waals surface area (Å²) in [5, 5.41) is 3.13. The van der Waals surface area contributed by atoms with E-state index in [2.05, 4.69) is 5.32 Å². The van der Waals surface area contributed by atoms with Crippen LogP contribution in [0.4, 0.5) is 0 Å². The molecule has 1 heterocycles. The summed E-state index contributed by atoms with van der Waals surface area (Å²) in [6.45, 7) is 10.1. The fraction of sp³-hybridized carbons (Fsp3) is 0.462. The van der Waals surface area contributed by atoms with Crippen LogP contribution in [0, 0.1) is 27.7 Å². The van der Waals surface area contributed by atoms with E-state index < -0.39 is 0 Å². The molecular weight excluding hydrogens is 388 g/mol. The standard InChI is InChI=1S/C26H34N2O3/c1-18-10-11-22(17-21(18)4)26(30)27-23-12-14-28(15-13-23)24(29)9-6-16-31-25-19(2)7-5-8-20(25)3/h5,7-8,10-11,17,23H,6,9,12-16H2,1-4H3,(H,27,30). The van der Waals surface area contributed by atoms with Gasteiger partial charge in [-0.15, -0.1) is 0 Å². The van der Waals surface area contributed by atoms with Crippen LogP contribution in [0.5, 0.6) is 5.75 Å². The SMILES string of the molecule is Cc1ccc(C(=O)NC2CCN(C(=O)CCCOc3c(C)cccc3C)CC2)cc1C. The van der Waals surface area contributed by atoms with E-state index in [0.717, 1.165) is 35.3 Å². The van der Waals surface area contributed by atoms with Crippen molar-refractivity contribution >= 4 is 11.8 Å². The van der Waals surface area contributed by atoms with Crippen LogP contribution in [0.25, 0.3) is 0 Å². The van der Waals surface area contributed by atoms with Crippen molar-refractivity contribution in [1.82, 2.24) is 10.2 Å². The number of hydrogen-bond donors (Lipinski definition) is 1. The Morgan fingerprint density at radius 1 is 0.968 bits per heavy atom. The molecule has 0 atom stereocenters. The molecule has 5 heteroatoms. The number of nitrogens with one attached hydrogen (secondary N) is 1. The molecule has 0 bridgehead atoms. The minimum absolute atomic E-state index is 0.0310. The number of rotatable bonds is 7. The first-order valence-electron chi connectivity index (χ1n) is 11.2. The third-order valence-electron chi connectivity index (χ3n) is 6.14. The first kappa shape index (κ1) is 22.9. The molecule has 3 rings (SSSR count). The summed E-state index contributed by atoms with van der Waals surface area (Å²) in [5.74, 6) is 1.07. The molecule has 2 amide bonds. The molecule has 2 aromatic carbocycles. The van der Waals surface area contributed by atoms with Gasteiger partial charge in [-0.3, -0.25) is 9.59 Å². The van der Waals surface area contributed by atoms with Crippen LogP contribution in [0.15, 0.2) is 36.4 Å². The van der Waals surface area contributed by atoms with Crippen LogP contribution in [0.1, 0.15) is 58.3 Å². The maximum absolute atomic E-state index is 12.5. The van der Waals surface area contributed by atoms with Gasteiger partial charge in [-0.2, -0.15) is 0 Å². The van der Waals surface area contributed by atoms with Gasteiger partial charge in [0.25, 0.3) is 5.91 Å². The van der Waals surface area contributed by atoms with Crippen LogP contribution < -0.4 is 10.1 Å². The highest BCUT2D eigenvalue weighted by molar-refractivity contribution is 5.94. The number of carbonyl (C=O) groups is 2. The third-order valence-corrected chi connectivity index (χ3v) is 6.14. The van der Waals surface area contributed by atoms with Gasteiger partial charge in [0.2, 0.25) is 5.91 Å². The number of ether oxygens (including phenoxy) is 1. The summed E-state index contributed by atoms with van der Waals surface area (Å²) in [4.78, 5) is 27.0. The number of likely N-dealkylation sites (tertiary alicyclic amines) is 1. The second-order valence-corrected chi connectivity index (χ2v) is 8.60. The molecule has 0 aliphatic carbocycles. The van der Waals surface area contributed by atoms with Crippen LogP contribution >= 0.6 is 0 Å². The molecule has 1 fully saturated rings. The van der Waals surface area contributed by atoms with Gasteiger partial charge in [0.05, 0.1) is 6.61 Å². The number of aryl methyl sites for hydroxylation is 4. The zero-order valence-electron chi connectivity index (χ0n) is 19.2. The summed E-state index contributed by atoms with van der Waals surface area (Å²) < 4.78 is 5.91. The highest BCUT2D eigenvalue weighted by Crippen LogP contribution is 2.22. The lowest BCUT2D eigenvalue weighted by atomic mass is 10.0. The predicted octanol–water partition coefficient (Wildman–Crippen LogP) is 4.50. The van der Waals surface area contributed by atoms with E-state index in [4.69, 9.17) is 4.74 Å². The topological polar surface area (TPSA) is 58.6 Å². The second-order valence-electron chi connectivity index (χ2n) is 8.60. The number of piperidine rings is 1. The second kappa shape index (κ2) is 10.5. The van der Waals surface area contributed by atoms with Gasteiger partial charge in [0, 0.05) is 31.1 Å². The Morgan fingerprint density at radius 2 is 1.65 bits per heavy atom. The molecule has 0 spiro atoms. The largest absolute Gasteiger partial charge is 0.493 e. The van der Waals surface area contributed by atoms with E-state index in [9.17, 15) is 9.59 Å². The minimum atomic E-state index is -0.0310. The lowest BCUT2D eigenvalue weighted by molar-refractivity contribution is -0.132. The molecule has 1 N–H and O–H groups in total. The summed E-state index contributed by atoms with van der Waals surface area (Å²) in [7, 11) is 0. The summed E-state index contributed by atoms with van der Waals surface area (Å²) in [6.07, 6.45) is 2.78. The Bertz CT molecular complexity index is 910. The maximum Gasteiger partial charge on any atom is 0.251 e. The first-order chi connectivity index (χ1) is 14.8. The number of amides is 2. The van der Waals surface area contributed by atoms with E-state index >= 15 is 0 Å². The number of hydrogen-bond acceptors (Lipinski definition) is 3. The zero-order chi connectivity index (χ0) is 22.4. The molecule has 0 saturated carbocycles. The van der Waals surface area contributed by atoms with E-state index in [0.29, 0.717) is 38.1 Å². The molecule has 1 saturated heterocycles. The smallest absolute Gasteiger partial charge is 0.251 e. The van der Waals surface area contributed by atoms with Crippen LogP contribution in [0.2, 0.25) is 0 Å². The Kier molecular flexibility index (Phi) is 7.72. The molecule has 1 aliphatic rings. The predicted molar refractivity (Wildman–Crippen MR) is 124 cm³/mol. The summed E-state index contributed by atoms with van der Waals surface area (Å²) in [5.41, 5.74) is 5.25. The molecule has 0 radical (unpaired) electrons. The van der Waals surface area contributed by atoms with Crippen molar-refractivity contribution in [3.05, 3.63) is 64.2 Å². The van der Waals surface area contributed by atoms with Gasteiger partial charge < -0.3 is 15.0 Å². The fourth-order valence-electron chi connectivity index (χ4n) is 4.01. The lowest BCUT2D eigenvalue weighted by Gasteiger charge is -2.32. The quantitative estimate of drug-likeness (QED) is 0.669. The van der Waals surface area contributed by atoms with E-state index in [1.165, 1.54) is 5.56 Å². The maximum atomic E-state index is 12.5. The van der Waals surface area contributed by atoms with E-state index in [1.807, 2.05) is 69.0 Å². The molecular formula is C26H34N2O3. The molecule has 1 aliphatic heterocycles. The third kappa shape index (κ3) is 6.09. The van der Waals surface area contributed by atoms with Crippen molar-refractivity contribution < 1.29 is 14.3 Å². The number of benzene rings is 2. The van der Waals surface area contributed by atoms with Crippen LogP contribution in [-0.2, 0) is 4.79 Å². The van der Waals surface area contributed by atoms with Gasteiger partial charge in [-0.1, -0.05) is 24.3 Å². The van der Waals surface area contributed by atoms with Gasteiger partial charge >= 0.3 is 0 Å². The average molecular weight is 423 g/mol. The van der Waals surface area contributed by atoms with Crippen molar-refractivity contribution in [2.24, 2.45) is 0 Å². The van der Waals surface area contributed by atoms with Crippen molar-refractivity contribution in [3.8, 4) is 5.75 Å². The van der Waals surface area contributed by atoms with Crippen LogP contribution in [0.3, 0.4) is 0 Å². The van der Waals surface area contributed by atoms with Gasteiger partial charge in [0.1, 0.15) is 5.75 Å². The van der Waals surface area contributed by atoms with Gasteiger partial charge in [-0.05, 0) is 81.3 Å².